The zero-order valence-corrected chi connectivity index (χ0v) is 16.3. The van der Waals surface area contributed by atoms with Gasteiger partial charge in [0.2, 0.25) is 5.91 Å². The van der Waals surface area contributed by atoms with E-state index in [0.29, 0.717) is 22.7 Å². The molecule has 1 heterocycles. The molecule has 3 aromatic rings. The number of aryl methyl sites for hydroxylation is 2. The molecule has 0 saturated heterocycles. The highest BCUT2D eigenvalue weighted by atomic mass is 16.5. The smallest absolute Gasteiger partial charge is 0.365 e. The zero-order chi connectivity index (χ0) is 20.3. The van der Waals surface area contributed by atoms with Crippen molar-refractivity contribution >= 4 is 11.6 Å². The van der Waals surface area contributed by atoms with Crippen molar-refractivity contribution in [3.05, 3.63) is 70.3 Å². The van der Waals surface area contributed by atoms with E-state index in [1.165, 1.54) is 6.20 Å². The summed E-state index contributed by atoms with van der Waals surface area (Å²) >= 11 is 0. The Balaban J connectivity index is 1.84. The maximum absolute atomic E-state index is 12.6. The van der Waals surface area contributed by atoms with E-state index in [1.807, 2.05) is 44.2 Å². The minimum absolute atomic E-state index is 0.334. The summed E-state index contributed by atoms with van der Waals surface area (Å²) in [5.41, 5.74) is 3.23. The number of aromatic nitrogens is 3. The third-order valence-electron chi connectivity index (χ3n) is 4.48. The number of hydrogen-bond donors (Lipinski definition) is 1. The second-order valence-electron chi connectivity index (χ2n) is 6.58. The van der Waals surface area contributed by atoms with E-state index in [0.717, 1.165) is 15.8 Å². The Hall–Kier alpha value is -3.48. The van der Waals surface area contributed by atoms with E-state index in [2.05, 4.69) is 15.4 Å². The Bertz CT molecular complexity index is 1080. The molecule has 0 aliphatic heterocycles. The summed E-state index contributed by atoms with van der Waals surface area (Å²) in [4.78, 5) is 29.1. The van der Waals surface area contributed by atoms with Crippen LogP contribution >= 0.6 is 0 Å². The molecule has 0 fully saturated rings. The summed E-state index contributed by atoms with van der Waals surface area (Å²) < 4.78 is 6.26. The molecule has 0 unspecified atom stereocenters. The number of rotatable bonds is 5. The van der Waals surface area contributed by atoms with Crippen LogP contribution in [0.4, 0.5) is 5.69 Å². The monoisotopic (exact) mass is 378 g/mol. The fraction of sp³-hybridized carbons (Fsp3) is 0.238. The molecule has 0 radical (unpaired) electrons. The summed E-state index contributed by atoms with van der Waals surface area (Å²) in [6.07, 6.45) is 1.47. The van der Waals surface area contributed by atoms with Crippen LogP contribution in [0, 0.1) is 13.8 Å². The van der Waals surface area contributed by atoms with Gasteiger partial charge in [-0.1, -0.05) is 24.3 Å². The van der Waals surface area contributed by atoms with Gasteiger partial charge in [-0.05, 0) is 50.1 Å². The van der Waals surface area contributed by atoms with Gasteiger partial charge in [0.25, 0.3) is 0 Å². The van der Waals surface area contributed by atoms with Gasteiger partial charge in [-0.15, -0.1) is 0 Å². The number of nitrogens with zero attached hydrogens (tertiary/aromatic N) is 3. The Morgan fingerprint density at radius 1 is 1.18 bits per heavy atom. The zero-order valence-electron chi connectivity index (χ0n) is 16.3. The number of ether oxygens (including phenoxy) is 1. The van der Waals surface area contributed by atoms with Crippen LogP contribution in [0.3, 0.4) is 0 Å². The average Bonchev–Trinajstić information content (AvgIpc) is 2.70. The number of anilines is 1. The van der Waals surface area contributed by atoms with E-state index < -0.39 is 11.7 Å². The summed E-state index contributed by atoms with van der Waals surface area (Å²) in [7, 11) is 1.57. The molecule has 0 bridgehead atoms. The van der Waals surface area contributed by atoms with Crippen molar-refractivity contribution in [2.75, 3.05) is 12.4 Å². The third-order valence-corrected chi connectivity index (χ3v) is 4.48. The van der Waals surface area contributed by atoms with E-state index in [4.69, 9.17) is 4.74 Å². The van der Waals surface area contributed by atoms with E-state index in [-0.39, 0.29) is 5.91 Å². The highest BCUT2D eigenvalue weighted by molar-refractivity contribution is 5.94. The van der Waals surface area contributed by atoms with Gasteiger partial charge in [-0.25, -0.2) is 9.48 Å². The van der Waals surface area contributed by atoms with Crippen molar-refractivity contribution in [3.8, 4) is 17.0 Å². The van der Waals surface area contributed by atoms with Crippen molar-refractivity contribution in [2.24, 2.45) is 0 Å². The lowest BCUT2D eigenvalue weighted by Gasteiger charge is -2.15. The summed E-state index contributed by atoms with van der Waals surface area (Å²) in [5, 5.41) is 7.01. The molecule has 7 nitrogen and oxygen atoms in total. The quantitative estimate of drug-likeness (QED) is 0.737. The predicted molar refractivity (Wildman–Crippen MR) is 108 cm³/mol. The first-order valence-corrected chi connectivity index (χ1v) is 8.87. The Labute approximate surface area is 163 Å². The van der Waals surface area contributed by atoms with Crippen LogP contribution in [0.2, 0.25) is 0 Å². The first kappa shape index (κ1) is 19.3. The van der Waals surface area contributed by atoms with Crippen LogP contribution in [-0.2, 0) is 4.79 Å². The molecule has 28 heavy (non-hydrogen) atoms. The Kier molecular flexibility index (Phi) is 5.54. The number of methoxy groups -OCH3 is 1. The molecule has 0 saturated carbocycles. The Morgan fingerprint density at radius 2 is 1.96 bits per heavy atom. The standard InChI is InChI=1S/C21H22N4O3/c1-13-8-9-14(2)18(10-13)23-20(26)15(3)25-21(27)24-19(12-22-25)16-6-5-7-17(11-16)28-4/h5-12,15H,1-4H3,(H,23,26)/t15-/m1/s1. The lowest BCUT2D eigenvalue weighted by molar-refractivity contribution is -0.119. The highest BCUT2D eigenvalue weighted by Gasteiger charge is 2.19. The summed E-state index contributed by atoms with van der Waals surface area (Å²) in [6.45, 7) is 5.47. The second kappa shape index (κ2) is 8.04. The van der Waals surface area contributed by atoms with Gasteiger partial charge < -0.3 is 10.1 Å². The molecule has 1 aromatic heterocycles. The van der Waals surface area contributed by atoms with Crippen molar-refractivity contribution in [1.29, 1.82) is 0 Å². The minimum Gasteiger partial charge on any atom is -0.497 e. The van der Waals surface area contributed by atoms with Crippen LogP contribution in [0.5, 0.6) is 5.75 Å². The fourth-order valence-corrected chi connectivity index (χ4v) is 2.76. The molecule has 1 N–H and O–H groups in total. The second-order valence-corrected chi connectivity index (χ2v) is 6.58. The van der Waals surface area contributed by atoms with Gasteiger partial charge in [0, 0.05) is 11.3 Å². The van der Waals surface area contributed by atoms with Crippen LogP contribution in [0.25, 0.3) is 11.3 Å². The SMILES string of the molecule is COc1cccc(-c2cnn([C@H](C)C(=O)Nc3cc(C)ccc3C)c(=O)n2)c1. The molecule has 2 aromatic carbocycles. The molecule has 1 atom stereocenters. The lowest BCUT2D eigenvalue weighted by Crippen LogP contribution is -2.35. The van der Waals surface area contributed by atoms with Gasteiger partial charge >= 0.3 is 5.69 Å². The Morgan fingerprint density at radius 3 is 2.68 bits per heavy atom. The molecule has 7 heteroatoms. The van der Waals surface area contributed by atoms with Gasteiger partial charge in [0.15, 0.2) is 0 Å². The van der Waals surface area contributed by atoms with Crippen molar-refractivity contribution in [3.63, 3.8) is 0 Å². The maximum Gasteiger partial charge on any atom is 0.365 e. The number of hydrogen-bond acceptors (Lipinski definition) is 5. The number of nitrogens with one attached hydrogen (secondary N) is 1. The molecule has 144 valence electrons. The number of benzene rings is 2. The molecule has 0 spiro atoms. The largest absolute Gasteiger partial charge is 0.497 e. The van der Waals surface area contributed by atoms with Gasteiger partial charge in [-0.2, -0.15) is 10.1 Å². The minimum atomic E-state index is -0.806. The third kappa shape index (κ3) is 4.09. The van der Waals surface area contributed by atoms with E-state index in [1.54, 1.807) is 26.2 Å². The molecular weight excluding hydrogens is 356 g/mol. The van der Waals surface area contributed by atoms with E-state index in [9.17, 15) is 9.59 Å². The van der Waals surface area contributed by atoms with Crippen LogP contribution in [0.1, 0.15) is 24.1 Å². The lowest BCUT2D eigenvalue weighted by atomic mass is 10.1. The molecule has 0 aliphatic carbocycles. The highest BCUT2D eigenvalue weighted by Crippen LogP contribution is 2.21. The van der Waals surface area contributed by atoms with Crippen LogP contribution in [-0.4, -0.2) is 27.8 Å². The van der Waals surface area contributed by atoms with Crippen molar-refractivity contribution in [2.45, 2.75) is 26.8 Å². The summed E-state index contributed by atoms with van der Waals surface area (Å²) in [6, 6.07) is 12.2. The number of carbonyl (C=O) groups excluding carboxylic acids is 1. The normalized spacial score (nSPS) is 11.7. The van der Waals surface area contributed by atoms with Crippen molar-refractivity contribution in [1.82, 2.24) is 14.8 Å². The molecular formula is C21H22N4O3. The predicted octanol–water partition coefficient (Wildman–Crippen LogP) is 3.13. The first-order chi connectivity index (χ1) is 13.4. The maximum atomic E-state index is 12.6. The van der Waals surface area contributed by atoms with Gasteiger partial charge in [0.05, 0.1) is 19.0 Å². The number of carbonyl (C=O) groups is 1. The van der Waals surface area contributed by atoms with E-state index >= 15 is 0 Å². The average molecular weight is 378 g/mol. The summed E-state index contributed by atoms with van der Waals surface area (Å²) in [5.74, 6) is 0.323. The van der Waals surface area contributed by atoms with Crippen LogP contribution < -0.4 is 15.7 Å². The van der Waals surface area contributed by atoms with Gasteiger partial charge in [0.1, 0.15) is 11.8 Å². The molecule has 0 aliphatic rings. The van der Waals surface area contributed by atoms with Crippen molar-refractivity contribution < 1.29 is 9.53 Å². The van der Waals surface area contributed by atoms with Crippen LogP contribution in [0.15, 0.2) is 53.5 Å². The number of amides is 1. The molecule has 3 rings (SSSR count). The first-order valence-electron chi connectivity index (χ1n) is 8.87. The van der Waals surface area contributed by atoms with Gasteiger partial charge in [-0.3, -0.25) is 4.79 Å². The molecule has 1 amide bonds. The topological polar surface area (TPSA) is 86.1 Å². The fourth-order valence-electron chi connectivity index (χ4n) is 2.76.